The Morgan fingerprint density at radius 2 is 2.18 bits per heavy atom. The molecule has 0 aliphatic rings. The predicted octanol–water partition coefficient (Wildman–Crippen LogP) is 3.41. The van der Waals surface area contributed by atoms with E-state index in [1.54, 1.807) is 6.21 Å². The van der Waals surface area contributed by atoms with Crippen LogP contribution in [0.15, 0.2) is 11.6 Å². The third-order valence-electron chi connectivity index (χ3n) is 1.97. The van der Waals surface area contributed by atoms with Gasteiger partial charge in [-0.3, -0.25) is 0 Å². The van der Waals surface area contributed by atoms with Crippen LogP contribution >= 0.6 is 0 Å². The Kier molecular flexibility index (Phi) is 5.81. The van der Waals surface area contributed by atoms with Crippen molar-refractivity contribution in [2.24, 2.45) is 5.92 Å². The van der Waals surface area contributed by atoms with Crippen LogP contribution < -0.4 is 0 Å². The minimum atomic E-state index is 0.469. The van der Waals surface area contributed by atoms with Gasteiger partial charge in [0.1, 0.15) is 0 Å². The van der Waals surface area contributed by atoms with E-state index in [1.165, 1.54) is 12.0 Å². The average molecular weight is 153 g/mol. The third kappa shape index (κ3) is 4.77. The molecule has 0 fully saturated rings. The molecule has 1 nitrogen and oxygen atoms in total. The second-order valence-electron chi connectivity index (χ2n) is 3.05. The molecule has 0 aromatic rings. The van der Waals surface area contributed by atoms with Gasteiger partial charge < -0.3 is 5.41 Å². The van der Waals surface area contributed by atoms with Gasteiger partial charge in [-0.2, -0.15) is 0 Å². The zero-order valence-electron chi connectivity index (χ0n) is 7.85. The topological polar surface area (TPSA) is 23.9 Å². The van der Waals surface area contributed by atoms with Crippen LogP contribution in [0.2, 0.25) is 0 Å². The molecule has 0 rings (SSSR count). The first-order valence-electron chi connectivity index (χ1n) is 4.37. The van der Waals surface area contributed by atoms with Crippen molar-refractivity contribution >= 4 is 6.21 Å². The molecule has 1 atom stereocenters. The van der Waals surface area contributed by atoms with Crippen LogP contribution in [0.4, 0.5) is 0 Å². The Morgan fingerprint density at radius 1 is 1.55 bits per heavy atom. The summed E-state index contributed by atoms with van der Waals surface area (Å²) in [4.78, 5) is 0. The lowest BCUT2D eigenvalue weighted by atomic mass is 9.97. The second kappa shape index (κ2) is 6.14. The Hall–Kier alpha value is -0.590. The number of hydrogen-bond acceptors (Lipinski definition) is 1. The molecule has 0 spiro atoms. The minimum absolute atomic E-state index is 0.469. The molecule has 0 saturated heterocycles. The summed E-state index contributed by atoms with van der Waals surface area (Å²) in [5.74, 6) is 0.469. The molecule has 0 saturated carbocycles. The first kappa shape index (κ1) is 10.4. The number of nitrogens with one attached hydrogen (secondary N) is 1. The molecular weight excluding hydrogens is 134 g/mol. The molecular formula is C10H19N. The van der Waals surface area contributed by atoms with E-state index >= 15 is 0 Å². The zero-order valence-corrected chi connectivity index (χ0v) is 7.85. The highest BCUT2D eigenvalue weighted by atomic mass is 14.3. The molecule has 0 radical (unpaired) electrons. The normalized spacial score (nSPS) is 14.6. The molecule has 0 aliphatic heterocycles. The number of allylic oxidation sites excluding steroid dienone is 2. The van der Waals surface area contributed by atoms with E-state index in [9.17, 15) is 0 Å². The maximum atomic E-state index is 7.18. The predicted molar refractivity (Wildman–Crippen MR) is 51.2 cm³/mol. The maximum absolute atomic E-state index is 7.18. The van der Waals surface area contributed by atoms with Crippen molar-refractivity contribution in [3.8, 4) is 0 Å². The van der Waals surface area contributed by atoms with Crippen LogP contribution in [0, 0.1) is 11.3 Å². The molecule has 64 valence electrons. The fourth-order valence-electron chi connectivity index (χ4n) is 1.15. The van der Waals surface area contributed by atoms with Crippen molar-refractivity contribution in [3.63, 3.8) is 0 Å². The van der Waals surface area contributed by atoms with Crippen LogP contribution in [-0.2, 0) is 0 Å². The molecule has 0 amide bonds. The van der Waals surface area contributed by atoms with Crippen LogP contribution in [0.1, 0.15) is 40.0 Å². The third-order valence-corrected chi connectivity index (χ3v) is 1.97. The van der Waals surface area contributed by atoms with Gasteiger partial charge in [0, 0.05) is 0 Å². The first-order valence-corrected chi connectivity index (χ1v) is 4.37. The van der Waals surface area contributed by atoms with E-state index in [4.69, 9.17) is 5.41 Å². The fourth-order valence-corrected chi connectivity index (χ4v) is 1.15. The van der Waals surface area contributed by atoms with Gasteiger partial charge in [0.05, 0.1) is 0 Å². The molecule has 1 N–H and O–H groups in total. The van der Waals surface area contributed by atoms with Gasteiger partial charge in [0.25, 0.3) is 0 Å². The van der Waals surface area contributed by atoms with E-state index in [-0.39, 0.29) is 0 Å². The second-order valence-corrected chi connectivity index (χ2v) is 3.05. The van der Waals surface area contributed by atoms with Gasteiger partial charge in [-0.05, 0) is 38.8 Å². The van der Waals surface area contributed by atoms with Gasteiger partial charge in [-0.25, -0.2) is 0 Å². The summed E-state index contributed by atoms with van der Waals surface area (Å²) in [6.45, 7) is 6.36. The highest BCUT2D eigenvalue weighted by Crippen LogP contribution is 2.14. The lowest BCUT2D eigenvalue weighted by Gasteiger charge is -2.09. The lowest BCUT2D eigenvalue weighted by Crippen LogP contribution is -2.01. The molecule has 0 aromatic heterocycles. The van der Waals surface area contributed by atoms with Crippen molar-refractivity contribution < 1.29 is 0 Å². The summed E-state index contributed by atoms with van der Waals surface area (Å²) in [5, 5.41) is 7.18. The molecule has 0 aromatic carbocycles. The van der Waals surface area contributed by atoms with Crippen molar-refractivity contribution in [2.45, 2.75) is 40.0 Å². The van der Waals surface area contributed by atoms with E-state index in [2.05, 4.69) is 26.8 Å². The van der Waals surface area contributed by atoms with Crippen molar-refractivity contribution in [2.75, 3.05) is 0 Å². The average Bonchev–Trinajstić information content (AvgIpc) is 2.03. The molecule has 11 heavy (non-hydrogen) atoms. The standard InChI is InChI=1S/C10H19N/c1-4-6-10(8-11)7-9(3)5-2/h5,8,10-11H,4,6-7H2,1-3H3/b9-5-,11-8?. The maximum Gasteiger partial charge on any atom is -0.00135 e. The van der Waals surface area contributed by atoms with Gasteiger partial charge in [0.2, 0.25) is 0 Å². The fraction of sp³-hybridized carbons (Fsp3) is 0.700. The largest absolute Gasteiger partial charge is 0.313 e. The summed E-state index contributed by atoms with van der Waals surface area (Å²) in [6, 6.07) is 0. The first-order chi connectivity index (χ1) is 5.24. The summed E-state index contributed by atoms with van der Waals surface area (Å²) < 4.78 is 0. The van der Waals surface area contributed by atoms with Crippen LogP contribution in [0.25, 0.3) is 0 Å². The van der Waals surface area contributed by atoms with Crippen molar-refractivity contribution in [3.05, 3.63) is 11.6 Å². The minimum Gasteiger partial charge on any atom is -0.313 e. The highest BCUT2D eigenvalue weighted by molar-refractivity contribution is 5.57. The Morgan fingerprint density at radius 3 is 2.55 bits per heavy atom. The summed E-state index contributed by atoms with van der Waals surface area (Å²) in [6.07, 6.45) is 7.10. The summed E-state index contributed by atoms with van der Waals surface area (Å²) in [7, 11) is 0. The molecule has 1 heteroatoms. The van der Waals surface area contributed by atoms with Gasteiger partial charge in [-0.15, -0.1) is 0 Å². The smallest absolute Gasteiger partial charge is 0.00135 e. The van der Waals surface area contributed by atoms with Crippen molar-refractivity contribution in [1.82, 2.24) is 0 Å². The Labute approximate surface area is 70.0 Å². The van der Waals surface area contributed by atoms with Gasteiger partial charge in [0.15, 0.2) is 0 Å². The lowest BCUT2D eigenvalue weighted by molar-refractivity contribution is 0.614. The van der Waals surface area contributed by atoms with E-state index in [0.29, 0.717) is 5.92 Å². The molecule has 0 aliphatic carbocycles. The summed E-state index contributed by atoms with van der Waals surface area (Å²) in [5.41, 5.74) is 1.40. The zero-order chi connectivity index (χ0) is 8.69. The van der Waals surface area contributed by atoms with Crippen LogP contribution in [0.5, 0.6) is 0 Å². The van der Waals surface area contributed by atoms with Crippen LogP contribution in [0.3, 0.4) is 0 Å². The van der Waals surface area contributed by atoms with E-state index in [1.807, 2.05) is 0 Å². The highest BCUT2D eigenvalue weighted by Gasteiger charge is 2.03. The van der Waals surface area contributed by atoms with E-state index in [0.717, 1.165) is 12.8 Å². The molecule has 0 heterocycles. The van der Waals surface area contributed by atoms with Gasteiger partial charge >= 0.3 is 0 Å². The number of rotatable bonds is 5. The van der Waals surface area contributed by atoms with E-state index < -0.39 is 0 Å². The number of hydrogen-bond donors (Lipinski definition) is 1. The SMILES string of the molecule is C/C=C(/C)CC(C=N)CCC. The molecule has 1 unspecified atom stereocenters. The monoisotopic (exact) mass is 153 g/mol. The van der Waals surface area contributed by atoms with Gasteiger partial charge in [-0.1, -0.05) is 25.0 Å². The Balaban J connectivity index is 3.77. The van der Waals surface area contributed by atoms with Crippen LogP contribution in [-0.4, -0.2) is 6.21 Å². The Bertz CT molecular complexity index is 136. The molecule has 0 bridgehead atoms. The quantitative estimate of drug-likeness (QED) is 0.462. The van der Waals surface area contributed by atoms with Crippen molar-refractivity contribution in [1.29, 1.82) is 5.41 Å². The summed E-state index contributed by atoms with van der Waals surface area (Å²) >= 11 is 0.